The maximum atomic E-state index is 6.56. The molecule has 0 amide bonds. The van der Waals surface area contributed by atoms with Gasteiger partial charge in [0.15, 0.2) is 0 Å². The molecule has 5 aromatic carbocycles. The first-order valence-corrected chi connectivity index (χ1v) is 19.4. The van der Waals surface area contributed by atoms with Gasteiger partial charge in [-0.1, -0.05) is 45.0 Å². The molecule has 7 aromatic rings. The fourth-order valence-corrected chi connectivity index (χ4v) is 9.10. The van der Waals surface area contributed by atoms with Crippen molar-refractivity contribution in [2.75, 3.05) is 14.7 Å². The topological polar surface area (TPSA) is 44.7 Å². The summed E-state index contributed by atoms with van der Waals surface area (Å²) < 4.78 is 8.95. The Hall–Kier alpha value is -5.19. The van der Waals surface area contributed by atoms with E-state index in [1.807, 2.05) is 42.9 Å². The van der Waals surface area contributed by atoms with Gasteiger partial charge in [0.25, 0.3) is 0 Å². The predicted octanol–water partition coefficient (Wildman–Crippen LogP) is 9.99. The van der Waals surface area contributed by atoms with Crippen LogP contribution in [0.15, 0.2) is 140 Å². The van der Waals surface area contributed by atoms with E-state index in [-0.39, 0.29) is 41.4 Å². The average Bonchev–Trinajstić information content (AvgIpc) is 3.57. The summed E-state index contributed by atoms with van der Waals surface area (Å²) in [5.74, 6) is 2.05. The third-order valence-corrected chi connectivity index (χ3v) is 11.8. The van der Waals surface area contributed by atoms with Gasteiger partial charge in [0.05, 0.1) is 0 Å². The third kappa shape index (κ3) is 6.62. The van der Waals surface area contributed by atoms with Crippen molar-refractivity contribution in [2.45, 2.75) is 33.1 Å². The van der Waals surface area contributed by atoms with Crippen LogP contribution in [0, 0.1) is 25.7 Å². The molecule has 0 saturated heterocycles. The molecule has 9 rings (SSSR count). The van der Waals surface area contributed by atoms with Gasteiger partial charge >= 0.3 is 257 Å². The van der Waals surface area contributed by atoms with E-state index in [2.05, 4.69) is 163 Å². The Morgan fingerprint density at radius 2 is 1.41 bits per heavy atom. The minimum absolute atomic E-state index is 0. The van der Waals surface area contributed by atoms with Crippen molar-refractivity contribution < 1.29 is 25.8 Å². The van der Waals surface area contributed by atoms with Crippen LogP contribution in [0.1, 0.15) is 31.9 Å². The predicted molar refractivity (Wildman–Crippen MR) is 216 cm³/mol. The van der Waals surface area contributed by atoms with Gasteiger partial charge in [0.2, 0.25) is 0 Å². The van der Waals surface area contributed by atoms with Crippen LogP contribution in [0.4, 0.5) is 39.9 Å². The van der Waals surface area contributed by atoms with Crippen LogP contribution >= 0.6 is 0 Å². The van der Waals surface area contributed by atoms with Gasteiger partial charge in [-0.25, -0.2) is 0 Å². The number of pyridine rings is 2. The molecule has 54 heavy (non-hydrogen) atoms. The van der Waals surface area contributed by atoms with Crippen LogP contribution in [0.3, 0.4) is 0 Å². The molecular formula is C46H36N5OPtSe-3. The van der Waals surface area contributed by atoms with E-state index >= 15 is 0 Å². The van der Waals surface area contributed by atoms with Gasteiger partial charge in [-0.2, -0.15) is 0 Å². The summed E-state index contributed by atoms with van der Waals surface area (Å²) in [6.07, 6.45) is 5.78. The number of anilines is 7. The van der Waals surface area contributed by atoms with E-state index in [0.717, 1.165) is 56.6 Å². The minimum Gasteiger partial charge on any atom is 0 e. The molecule has 2 aliphatic rings. The van der Waals surface area contributed by atoms with Gasteiger partial charge in [0.1, 0.15) is 0 Å². The monoisotopic (exact) mass is 949 g/mol. The second kappa shape index (κ2) is 14.6. The maximum Gasteiger partial charge on any atom is 0 e. The summed E-state index contributed by atoms with van der Waals surface area (Å²) in [5.41, 5.74) is 10.9. The van der Waals surface area contributed by atoms with Crippen molar-refractivity contribution >= 4 is 63.8 Å². The van der Waals surface area contributed by atoms with Crippen LogP contribution in [0.2, 0.25) is 0 Å². The van der Waals surface area contributed by atoms with Crippen molar-refractivity contribution in [1.29, 1.82) is 0 Å². The number of nitrogens with zero attached hydrogens (tertiary/aromatic N) is 5. The van der Waals surface area contributed by atoms with Crippen molar-refractivity contribution in [3.8, 4) is 22.6 Å². The number of fused-ring (bicyclic) bond motifs is 3. The molecule has 0 fully saturated rings. The molecule has 0 spiro atoms. The van der Waals surface area contributed by atoms with E-state index < -0.39 is 0 Å². The summed E-state index contributed by atoms with van der Waals surface area (Å²) in [6, 6.07) is 49.1. The number of benzene rings is 5. The molecule has 2 aliphatic heterocycles. The minimum atomic E-state index is -0.0196. The van der Waals surface area contributed by atoms with Crippen molar-refractivity contribution in [1.82, 2.24) is 9.97 Å². The SMILES string of the molecule is Cc1cc(N2c3[c-]c(Oc4[c-]c(N5[CH-]N(c6ccccc6C(C)(C)C)c6ccccc65)ccc4)ccc3[Se]c3cnccc32)ncc1-c1ccccc1.[Pt]. The molecule has 0 atom stereocenters. The quantitative estimate of drug-likeness (QED) is 0.122. The first kappa shape index (κ1) is 35.8. The fourth-order valence-electron chi connectivity index (χ4n) is 7.02. The van der Waals surface area contributed by atoms with Crippen LogP contribution in [-0.2, 0) is 26.5 Å². The molecule has 0 unspecified atom stereocenters. The molecule has 0 saturated carbocycles. The molecule has 8 heteroatoms. The smallest absolute Gasteiger partial charge is 0 e. The zero-order valence-corrected chi connectivity index (χ0v) is 34.2. The normalized spacial score (nSPS) is 13.1. The summed E-state index contributed by atoms with van der Waals surface area (Å²) in [5, 5.41) is 0. The van der Waals surface area contributed by atoms with E-state index in [9.17, 15) is 0 Å². The number of rotatable bonds is 6. The molecule has 2 aromatic heterocycles. The standard InChI is InChI=1S/C46H36N5OSe.Pt/c1-31-25-45(48-28-36(31)32-13-6-5-7-14-32)51-41-23-24-47-29-44(41)53-43-22-21-35(27-42(43)51)52-34-16-12-15-33(26-34)49-30-50(40-20-11-10-19-39(40)49)38-18-9-8-17-37(38)46(2,3)4;/h5-25,28-30H,1-4H3;/q-3;. The zero-order valence-electron chi connectivity index (χ0n) is 30.2. The molecule has 0 radical (unpaired) electrons. The Morgan fingerprint density at radius 1 is 0.685 bits per heavy atom. The first-order valence-electron chi connectivity index (χ1n) is 17.6. The molecule has 0 bridgehead atoms. The van der Waals surface area contributed by atoms with Gasteiger partial charge in [0, 0.05) is 21.1 Å². The second-order valence-corrected chi connectivity index (χ2v) is 16.4. The van der Waals surface area contributed by atoms with Crippen LogP contribution in [0.5, 0.6) is 11.5 Å². The molecule has 0 N–H and O–H groups in total. The Kier molecular flexibility index (Phi) is 9.66. The first-order chi connectivity index (χ1) is 25.8. The van der Waals surface area contributed by atoms with E-state index in [1.165, 1.54) is 14.5 Å². The van der Waals surface area contributed by atoms with Crippen LogP contribution in [-0.4, -0.2) is 24.9 Å². The third-order valence-electron chi connectivity index (χ3n) is 9.55. The number of hydrogen-bond acceptors (Lipinski definition) is 6. The van der Waals surface area contributed by atoms with E-state index in [4.69, 9.17) is 9.72 Å². The Morgan fingerprint density at radius 3 is 2.19 bits per heavy atom. The number of hydrogen-bond donors (Lipinski definition) is 0. The van der Waals surface area contributed by atoms with Crippen LogP contribution in [0.25, 0.3) is 11.1 Å². The van der Waals surface area contributed by atoms with Gasteiger partial charge in [-0.05, 0) is 17.0 Å². The fraction of sp³-hybridized carbons (Fsp3) is 0.109. The Labute approximate surface area is 337 Å². The Bertz CT molecular complexity index is 2480. The molecule has 270 valence electrons. The summed E-state index contributed by atoms with van der Waals surface area (Å²) in [6.45, 7) is 11.1. The number of para-hydroxylation sites is 3. The number of aryl methyl sites for hydroxylation is 1. The molecular weight excluding hydrogens is 913 g/mol. The maximum absolute atomic E-state index is 6.56. The second-order valence-electron chi connectivity index (χ2n) is 14.2. The van der Waals surface area contributed by atoms with Crippen LogP contribution < -0.4 is 28.4 Å². The van der Waals surface area contributed by atoms with Gasteiger partial charge < -0.3 is 0 Å². The van der Waals surface area contributed by atoms with Crippen molar-refractivity contribution in [3.05, 3.63) is 170 Å². The van der Waals surface area contributed by atoms with E-state index in [0.29, 0.717) is 11.5 Å². The largest absolute Gasteiger partial charge is 0 e. The summed E-state index contributed by atoms with van der Waals surface area (Å²) >= 11 is 0.0476. The Balaban J connectivity index is 0.00000413. The van der Waals surface area contributed by atoms with Crippen molar-refractivity contribution in [2.24, 2.45) is 0 Å². The number of ether oxygens (including phenoxy) is 1. The van der Waals surface area contributed by atoms with Gasteiger partial charge in [-0.3, -0.25) is 0 Å². The summed E-state index contributed by atoms with van der Waals surface area (Å²) in [7, 11) is 0. The summed E-state index contributed by atoms with van der Waals surface area (Å²) in [4.78, 5) is 16.1. The zero-order chi connectivity index (χ0) is 36.1. The molecule has 0 aliphatic carbocycles. The molecule has 6 nitrogen and oxygen atoms in total. The number of aromatic nitrogens is 2. The van der Waals surface area contributed by atoms with E-state index in [1.54, 1.807) is 0 Å². The molecule has 4 heterocycles. The van der Waals surface area contributed by atoms with Gasteiger partial charge in [-0.15, -0.1) is 0 Å². The average molecular weight is 949 g/mol. The van der Waals surface area contributed by atoms with Crippen molar-refractivity contribution in [3.63, 3.8) is 0 Å².